The molecule has 0 spiro atoms. The van der Waals surface area contributed by atoms with Crippen molar-refractivity contribution in [1.82, 2.24) is 10.6 Å². The fourth-order valence-corrected chi connectivity index (χ4v) is 1.63. The van der Waals surface area contributed by atoms with Gasteiger partial charge in [0, 0.05) is 6.54 Å². The summed E-state index contributed by atoms with van der Waals surface area (Å²) in [4.78, 5) is 11.6. The summed E-state index contributed by atoms with van der Waals surface area (Å²) in [7, 11) is 0. The van der Waals surface area contributed by atoms with E-state index in [1.54, 1.807) is 0 Å². The smallest absolute Gasteiger partial charge is 0.315 e. The molecule has 0 bridgehead atoms. The van der Waals surface area contributed by atoms with Gasteiger partial charge in [-0.15, -0.1) is 0 Å². The van der Waals surface area contributed by atoms with E-state index in [4.69, 9.17) is 0 Å². The van der Waals surface area contributed by atoms with Crippen molar-refractivity contribution in [2.24, 2.45) is 0 Å². The lowest BCUT2D eigenvalue weighted by Gasteiger charge is -2.30. The number of hydrogen-bond acceptors (Lipinski definition) is 1. The third kappa shape index (κ3) is 2.99. The van der Waals surface area contributed by atoms with Crippen molar-refractivity contribution in [3.8, 4) is 0 Å². The highest BCUT2D eigenvalue weighted by Gasteiger charge is 2.25. The maximum Gasteiger partial charge on any atom is 0.315 e. The monoisotopic (exact) mass is 220 g/mol. The summed E-state index contributed by atoms with van der Waals surface area (Å²) < 4.78 is 0. The van der Waals surface area contributed by atoms with E-state index in [2.05, 4.69) is 17.6 Å². The predicted octanol–water partition coefficient (Wildman–Crippen LogP) is 2.63. The van der Waals surface area contributed by atoms with Gasteiger partial charge in [0.2, 0.25) is 0 Å². The first-order valence-electron chi connectivity index (χ1n) is 5.74. The van der Waals surface area contributed by atoms with Gasteiger partial charge in [0.25, 0.3) is 0 Å². The third-order valence-corrected chi connectivity index (χ3v) is 2.84. The Kier molecular flexibility index (Phi) is 4.35. The molecule has 0 heterocycles. The lowest BCUT2D eigenvalue weighted by Crippen LogP contribution is -2.47. The molecular formula is C13H20N2O. The van der Waals surface area contributed by atoms with Crippen LogP contribution >= 0.6 is 0 Å². The van der Waals surface area contributed by atoms with Gasteiger partial charge in [-0.1, -0.05) is 37.3 Å². The van der Waals surface area contributed by atoms with Crippen LogP contribution in [0.3, 0.4) is 0 Å². The molecule has 88 valence electrons. The lowest BCUT2D eigenvalue weighted by molar-refractivity contribution is 0.226. The highest BCUT2D eigenvalue weighted by Crippen LogP contribution is 2.23. The van der Waals surface area contributed by atoms with Crippen molar-refractivity contribution in [2.45, 2.75) is 32.7 Å². The molecule has 1 atom stereocenters. The average Bonchev–Trinajstić information content (AvgIpc) is 2.30. The summed E-state index contributed by atoms with van der Waals surface area (Å²) >= 11 is 0. The van der Waals surface area contributed by atoms with E-state index in [9.17, 15) is 4.79 Å². The van der Waals surface area contributed by atoms with Gasteiger partial charge in [-0.25, -0.2) is 4.79 Å². The Bertz CT molecular complexity index is 337. The van der Waals surface area contributed by atoms with E-state index < -0.39 is 0 Å². The van der Waals surface area contributed by atoms with E-state index in [1.165, 1.54) is 0 Å². The van der Waals surface area contributed by atoms with Crippen LogP contribution in [0.4, 0.5) is 4.79 Å². The number of nitrogens with one attached hydrogen (secondary N) is 2. The molecule has 0 aliphatic rings. The Hall–Kier alpha value is -1.51. The Balaban J connectivity index is 2.82. The Morgan fingerprint density at radius 2 is 1.88 bits per heavy atom. The molecule has 16 heavy (non-hydrogen) atoms. The third-order valence-electron chi connectivity index (χ3n) is 2.84. The van der Waals surface area contributed by atoms with Gasteiger partial charge in [-0.3, -0.25) is 0 Å². The number of carbonyl (C=O) groups excluding carboxylic acids is 1. The molecule has 0 radical (unpaired) electrons. The number of benzene rings is 1. The van der Waals surface area contributed by atoms with E-state index >= 15 is 0 Å². The molecule has 3 nitrogen and oxygen atoms in total. The quantitative estimate of drug-likeness (QED) is 0.804. The van der Waals surface area contributed by atoms with E-state index in [-0.39, 0.29) is 11.6 Å². The van der Waals surface area contributed by atoms with Crippen molar-refractivity contribution in [3.63, 3.8) is 0 Å². The van der Waals surface area contributed by atoms with Crippen molar-refractivity contribution in [1.29, 1.82) is 0 Å². The summed E-state index contributed by atoms with van der Waals surface area (Å²) in [5.41, 5.74) is 0.823. The van der Waals surface area contributed by atoms with Gasteiger partial charge in [0.05, 0.1) is 5.54 Å². The van der Waals surface area contributed by atoms with Crippen LogP contribution in [0.25, 0.3) is 0 Å². The maximum atomic E-state index is 11.6. The Morgan fingerprint density at radius 3 is 2.38 bits per heavy atom. The highest BCUT2D eigenvalue weighted by atomic mass is 16.2. The molecule has 0 aliphatic carbocycles. The zero-order valence-corrected chi connectivity index (χ0v) is 10.2. The molecule has 1 aromatic rings. The second kappa shape index (κ2) is 5.54. The van der Waals surface area contributed by atoms with Crippen molar-refractivity contribution in [3.05, 3.63) is 35.9 Å². The first-order valence-corrected chi connectivity index (χ1v) is 5.74. The highest BCUT2D eigenvalue weighted by molar-refractivity contribution is 5.74. The van der Waals surface area contributed by atoms with E-state index in [0.29, 0.717) is 6.54 Å². The molecule has 0 fully saturated rings. The molecule has 2 amide bonds. The first kappa shape index (κ1) is 12.6. The second-order valence-corrected chi connectivity index (χ2v) is 4.04. The second-order valence-electron chi connectivity index (χ2n) is 4.04. The normalized spacial score (nSPS) is 13.9. The topological polar surface area (TPSA) is 41.1 Å². The summed E-state index contributed by atoms with van der Waals surface area (Å²) in [6.07, 6.45) is 0.855. The predicted molar refractivity (Wildman–Crippen MR) is 66.3 cm³/mol. The average molecular weight is 220 g/mol. The largest absolute Gasteiger partial charge is 0.338 e. The number of urea groups is 1. The van der Waals surface area contributed by atoms with Gasteiger partial charge in [0.15, 0.2) is 0 Å². The number of amides is 2. The molecule has 3 heteroatoms. The molecule has 0 aromatic heterocycles. The van der Waals surface area contributed by atoms with Crippen LogP contribution in [0.5, 0.6) is 0 Å². The van der Waals surface area contributed by atoms with Crippen LogP contribution in [0.15, 0.2) is 30.3 Å². The van der Waals surface area contributed by atoms with Gasteiger partial charge in [-0.05, 0) is 25.8 Å². The van der Waals surface area contributed by atoms with Crippen LogP contribution in [-0.2, 0) is 5.54 Å². The Morgan fingerprint density at radius 1 is 1.25 bits per heavy atom. The minimum absolute atomic E-state index is 0.115. The fourth-order valence-electron chi connectivity index (χ4n) is 1.63. The fraction of sp³-hybridized carbons (Fsp3) is 0.462. The molecule has 0 aliphatic heterocycles. The summed E-state index contributed by atoms with van der Waals surface area (Å²) in [5.74, 6) is 0. The van der Waals surface area contributed by atoms with Crippen LogP contribution in [0, 0.1) is 0 Å². The molecule has 1 aromatic carbocycles. The molecule has 0 saturated heterocycles. The summed E-state index contributed by atoms with van der Waals surface area (Å²) in [6.45, 7) is 6.66. The van der Waals surface area contributed by atoms with E-state index in [0.717, 1.165) is 12.0 Å². The zero-order chi connectivity index (χ0) is 12.0. The van der Waals surface area contributed by atoms with E-state index in [1.807, 2.05) is 44.2 Å². The van der Waals surface area contributed by atoms with Gasteiger partial charge in [0.1, 0.15) is 0 Å². The molecule has 2 N–H and O–H groups in total. The number of hydrogen-bond donors (Lipinski definition) is 2. The van der Waals surface area contributed by atoms with Crippen molar-refractivity contribution >= 4 is 6.03 Å². The minimum atomic E-state index is -0.305. The van der Waals surface area contributed by atoms with Crippen molar-refractivity contribution < 1.29 is 4.79 Å². The summed E-state index contributed by atoms with van der Waals surface area (Å²) in [6, 6.07) is 9.92. The van der Waals surface area contributed by atoms with Crippen LogP contribution in [0.2, 0.25) is 0 Å². The van der Waals surface area contributed by atoms with Crippen LogP contribution in [0.1, 0.15) is 32.8 Å². The van der Waals surface area contributed by atoms with Gasteiger partial charge < -0.3 is 10.6 Å². The first-order chi connectivity index (χ1) is 7.62. The maximum absolute atomic E-state index is 11.6. The van der Waals surface area contributed by atoms with Crippen LogP contribution in [-0.4, -0.2) is 12.6 Å². The van der Waals surface area contributed by atoms with Crippen LogP contribution < -0.4 is 10.6 Å². The number of carbonyl (C=O) groups is 1. The van der Waals surface area contributed by atoms with Crippen molar-refractivity contribution in [2.75, 3.05) is 6.54 Å². The van der Waals surface area contributed by atoms with Gasteiger partial charge >= 0.3 is 6.03 Å². The molecule has 0 saturated carbocycles. The van der Waals surface area contributed by atoms with Gasteiger partial charge in [-0.2, -0.15) is 0 Å². The minimum Gasteiger partial charge on any atom is -0.338 e. The standard InChI is InChI=1S/C13H20N2O/c1-4-13(3,15-12(16)14-5-2)11-9-7-6-8-10-11/h6-10H,4-5H2,1-3H3,(H2,14,15,16)/t13-/m1/s1. The lowest BCUT2D eigenvalue weighted by atomic mass is 9.89. The SMILES string of the molecule is CCNC(=O)N[C@](C)(CC)c1ccccc1. The molecule has 0 unspecified atom stereocenters. The molecule has 1 rings (SSSR count). The summed E-state index contributed by atoms with van der Waals surface area (Å²) in [5, 5.41) is 5.77. The Labute approximate surface area is 97.2 Å². The zero-order valence-electron chi connectivity index (χ0n) is 10.2. The molecular weight excluding hydrogens is 200 g/mol. The number of rotatable bonds is 4.